The van der Waals surface area contributed by atoms with Crippen molar-refractivity contribution >= 4 is 35.1 Å². The molecule has 1 heterocycles. The minimum atomic E-state index is -0.280. The molecule has 0 bridgehead atoms. The number of carbonyl (C=O) groups is 2. The Morgan fingerprint density at radius 3 is 2.70 bits per heavy atom. The van der Waals surface area contributed by atoms with Gasteiger partial charge in [0.05, 0.1) is 5.52 Å². The number of hydrogen-bond donors (Lipinski definition) is 4. The van der Waals surface area contributed by atoms with E-state index in [0.29, 0.717) is 18.2 Å². The van der Waals surface area contributed by atoms with Gasteiger partial charge >= 0.3 is 0 Å². The molecule has 1 aliphatic carbocycles. The van der Waals surface area contributed by atoms with Crippen LogP contribution in [0.4, 0.5) is 0 Å². The van der Waals surface area contributed by atoms with Gasteiger partial charge in [0.25, 0.3) is 5.91 Å². The highest BCUT2D eigenvalue weighted by Crippen LogP contribution is 2.26. The Hall–Kier alpha value is -2.12. The van der Waals surface area contributed by atoms with E-state index < -0.39 is 0 Å². The molecule has 1 aromatic heterocycles. The molecule has 1 aliphatic rings. The van der Waals surface area contributed by atoms with Crippen LogP contribution in [0.2, 0.25) is 0 Å². The Morgan fingerprint density at radius 2 is 1.96 bits per heavy atom. The Balaban J connectivity index is 0.00000261. The van der Waals surface area contributed by atoms with Gasteiger partial charge in [-0.15, -0.1) is 12.4 Å². The summed E-state index contributed by atoms with van der Waals surface area (Å²) in [5.41, 5.74) is 7.01. The van der Waals surface area contributed by atoms with Crippen LogP contribution in [0.3, 0.4) is 0 Å². The second-order valence-corrected chi connectivity index (χ2v) is 6.93. The van der Waals surface area contributed by atoms with Gasteiger partial charge in [-0.1, -0.05) is 37.5 Å². The summed E-state index contributed by atoms with van der Waals surface area (Å²) in [5, 5.41) is 13.5. The molecule has 1 fully saturated rings. The molecular weight excluding hydrogens is 366 g/mol. The highest BCUT2D eigenvalue weighted by atomic mass is 35.5. The van der Waals surface area contributed by atoms with Crippen molar-refractivity contribution in [2.45, 2.75) is 44.6 Å². The molecule has 7 nitrogen and oxygen atoms in total. The lowest BCUT2D eigenvalue weighted by Gasteiger charge is -2.30. The van der Waals surface area contributed by atoms with Gasteiger partial charge in [0.1, 0.15) is 0 Å². The molecule has 5 N–H and O–H groups in total. The van der Waals surface area contributed by atoms with Crippen molar-refractivity contribution < 1.29 is 9.59 Å². The van der Waals surface area contributed by atoms with E-state index in [-0.39, 0.29) is 43.2 Å². The molecule has 148 valence electrons. The molecule has 1 saturated carbocycles. The molecule has 0 spiro atoms. The lowest BCUT2D eigenvalue weighted by Crippen LogP contribution is -2.46. The van der Waals surface area contributed by atoms with E-state index in [1.807, 2.05) is 24.3 Å². The number of aromatic nitrogens is 2. The quantitative estimate of drug-likeness (QED) is 0.577. The lowest BCUT2D eigenvalue weighted by molar-refractivity contribution is -0.122. The van der Waals surface area contributed by atoms with Gasteiger partial charge in [-0.2, -0.15) is 5.10 Å². The summed E-state index contributed by atoms with van der Waals surface area (Å²) < 4.78 is 0. The molecule has 1 unspecified atom stereocenters. The highest BCUT2D eigenvalue weighted by molar-refractivity contribution is 6.04. The fourth-order valence-corrected chi connectivity index (χ4v) is 3.69. The predicted octanol–water partition coefficient (Wildman–Crippen LogP) is 2.13. The fraction of sp³-hybridized carbons (Fsp3) is 0.526. The average molecular weight is 394 g/mol. The number of nitrogens with two attached hydrogens (primary N) is 1. The molecule has 0 aliphatic heterocycles. The van der Waals surface area contributed by atoms with Crippen LogP contribution in [0.5, 0.6) is 0 Å². The number of nitrogens with zero attached hydrogens (tertiary/aromatic N) is 1. The van der Waals surface area contributed by atoms with Gasteiger partial charge in [-0.25, -0.2) is 0 Å². The van der Waals surface area contributed by atoms with Gasteiger partial charge in [0, 0.05) is 30.9 Å². The maximum Gasteiger partial charge on any atom is 0.272 e. The zero-order valence-corrected chi connectivity index (χ0v) is 16.2. The van der Waals surface area contributed by atoms with E-state index in [1.165, 1.54) is 19.3 Å². The van der Waals surface area contributed by atoms with Crippen LogP contribution in [0.25, 0.3) is 10.9 Å². The zero-order valence-electron chi connectivity index (χ0n) is 15.4. The van der Waals surface area contributed by atoms with Gasteiger partial charge in [0.15, 0.2) is 5.69 Å². The molecule has 8 heteroatoms. The minimum absolute atomic E-state index is 0. The Morgan fingerprint density at radius 1 is 1.22 bits per heavy atom. The van der Waals surface area contributed by atoms with Crippen LogP contribution >= 0.6 is 12.4 Å². The van der Waals surface area contributed by atoms with E-state index >= 15 is 0 Å². The number of H-pyrrole nitrogens is 1. The standard InChI is InChI=1S/C19H27N5O2.ClH/c20-12-16(13-6-2-1-3-7-13)22-17(25)10-11-21-19(26)18-14-8-4-5-9-15(14)23-24-18;/h4-5,8-9,13,16H,1-3,6-7,10-12,20H2,(H,21,26)(H,22,25)(H,23,24);1H. The number of aromatic amines is 1. The van der Waals surface area contributed by atoms with Crippen molar-refractivity contribution in [1.29, 1.82) is 0 Å². The number of amides is 2. The topological polar surface area (TPSA) is 113 Å². The molecule has 0 saturated heterocycles. The number of benzene rings is 1. The third-order valence-electron chi connectivity index (χ3n) is 5.14. The highest BCUT2D eigenvalue weighted by Gasteiger charge is 2.24. The number of carbonyl (C=O) groups excluding carboxylic acids is 2. The fourth-order valence-electron chi connectivity index (χ4n) is 3.69. The summed E-state index contributed by atoms with van der Waals surface area (Å²) in [6.07, 6.45) is 6.19. The van der Waals surface area contributed by atoms with E-state index in [1.54, 1.807) is 0 Å². The molecule has 1 aromatic carbocycles. The molecule has 2 amide bonds. The summed E-state index contributed by atoms with van der Waals surface area (Å²) in [6.45, 7) is 0.732. The van der Waals surface area contributed by atoms with Crippen molar-refractivity contribution in [3.05, 3.63) is 30.0 Å². The molecule has 27 heavy (non-hydrogen) atoms. The molecular formula is C19H28ClN5O2. The van der Waals surface area contributed by atoms with Gasteiger partial charge in [0.2, 0.25) is 5.91 Å². The Labute approximate surface area is 165 Å². The van der Waals surface area contributed by atoms with Crippen LogP contribution in [-0.2, 0) is 4.79 Å². The van der Waals surface area contributed by atoms with E-state index in [2.05, 4.69) is 20.8 Å². The minimum Gasteiger partial charge on any atom is -0.352 e. The van der Waals surface area contributed by atoms with Gasteiger partial charge in [-0.05, 0) is 24.8 Å². The van der Waals surface area contributed by atoms with Crippen LogP contribution < -0.4 is 16.4 Å². The number of halogens is 1. The first-order valence-corrected chi connectivity index (χ1v) is 9.39. The smallest absolute Gasteiger partial charge is 0.272 e. The lowest BCUT2D eigenvalue weighted by atomic mass is 9.84. The predicted molar refractivity (Wildman–Crippen MR) is 108 cm³/mol. The maximum atomic E-state index is 12.3. The van der Waals surface area contributed by atoms with Crippen molar-refractivity contribution in [3.8, 4) is 0 Å². The third kappa shape index (κ3) is 5.43. The van der Waals surface area contributed by atoms with Crippen LogP contribution in [0, 0.1) is 5.92 Å². The molecule has 2 aromatic rings. The first kappa shape index (κ1) is 21.2. The maximum absolute atomic E-state index is 12.3. The Bertz CT molecular complexity index is 757. The SMILES string of the molecule is Cl.NCC(NC(=O)CCNC(=O)c1n[nH]c2ccccc12)C1CCCCC1. The zero-order chi connectivity index (χ0) is 18.4. The number of nitrogens with one attached hydrogen (secondary N) is 3. The van der Waals surface area contributed by atoms with E-state index in [9.17, 15) is 9.59 Å². The van der Waals surface area contributed by atoms with Crippen LogP contribution in [-0.4, -0.2) is 41.1 Å². The largest absolute Gasteiger partial charge is 0.352 e. The van der Waals surface area contributed by atoms with E-state index in [4.69, 9.17) is 5.73 Å². The van der Waals surface area contributed by atoms with Crippen molar-refractivity contribution in [3.63, 3.8) is 0 Å². The first-order valence-electron chi connectivity index (χ1n) is 9.39. The summed E-state index contributed by atoms with van der Waals surface area (Å²) in [4.78, 5) is 24.5. The third-order valence-corrected chi connectivity index (χ3v) is 5.14. The summed E-state index contributed by atoms with van der Waals surface area (Å²) >= 11 is 0. The van der Waals surface area contributed by atoms with Gasteiger partial charge in [-0.3, -0.25) is 14.7 Å². The second kappa shape index (κ2) is 10.3. The monoisotopic (exact) mass is 393 g/mol. The van der Waals surface area contributed by atoms with Crippen molar-refractivity contribution in [2.75, 3.05) is 13.1 Å². The molecule has 1 atom stereocenters. The molecule has 0 radical (unpaired) electrons. The van der Waals surface area contributed by atoms with Crippen LogP contribution in [0.1, 0.15) is 49.0 Å². The number of hydrogen-bond acceptors (Lipinski definition) is 4. The first-order chi connectivity index (χ1) is 12.7. The molecule has 3 rings (SSSR count). The Kier molecular flexibility index (Phi) is 8.06. The van der Waals surface area contributed by atoms with E-state index in [0.717, 1.165) is 23.7 Å². The average Bonchev–Trinajstić information content (AvgIpc) is 3.11. The van der Waals surface area contributed by atoms with Gasteiger partial charge < -0.3 is 16.4 Å². The second-order valence-electron chi connectivity index (χ2n) is 6.93. The van der Waals surface area contributed by atoms with Crippen LogP contribution in [0.15, 0.2) is 24.3 Å². The van der Waals surface area contributed by atoms with Crippen molar-refractivity contribution in [2.24, 2.45) is 11.7 Å². The number of rotatable bonds is 7. The number of fused-ring (bicyclic) bond motifs is 1. The number of para-hydroxylation sites is 1. The normalized spacial score (nSPS) is 15.7. The summed E-state index contributed by atoms with van der Waals surface area (Å²) in [6, 6.07) is 7.49. The summed E-state index contributed by atoms with van der Waals surface area (Å²) in [7, 11) is 0. The summed E-state index contributed by atoms with van der Waals surface area (Å²) in [5.74, 6) is 0.124. The van der Waals surface area contributed by atoms with Crippen molar-refractivity contribution in [1.82, 2.24) is 20.8 Å².